The summed E-state index contributed by atoms with van der Waals surface area (Å²) < 4.78 is 13.2. The highest BCUT2D eigenvalue weighted by Crippen LogP contribution is 2.22. The number of nitrogens with two attached hydrogens (primary N) is 1. The summed E-state index contributed by atoms with van der Waals surface area (Å²) in [5.74, 6) is 4.75. The molecule has 0 bridgehead atoms. The van der Waals surface area contributed by atoms with Crippen molar-refractivity contribution < 1.29 is 4.39 Å². The van der Waals surface area contributed by atoms with Crippen molar-refractivity contribution in [1.82, 2.24) is 5.43 Å². The molecule has 1 aromatic carbocycles. The van der Waals surface area contributed by atoms with Gasteiger partial charge < -0.3 is 0 Å². The predicted molar refractivity (Wildman–Crippen MR) is 47.1 cm³/mol. The molecule has 12 heavy (non-hydrogen) atoms. The average molecular weight is 189 g/mol. The molecule has 0 spiro atoms. The molecule has 0 amide bonds. The molecule has 1 aromatic rings. The number of hydrogen-bond acceptors (Lipinski definition) is 2. The smallest absolute Gasteiger partial charge is 0.146 e. The summed E-state index contributed by atoms with van der Waals surface area (Å²) in [6.45, 7) is 1.76. The van der Waals surface area contributed by atoms with Crippen LogP contribution in [-0.4, -0.2) is 0 Å². The summed E-state index contributed by atoms with van der Waals surface area (Å²) in [6, 6.07) is 4.60. The molecule has 2 nitrogen and oxygen atoms in total. The fraction of sp³-hybridized carbons (Fsp3) is 0.250. The van der Waals surface area contributed by atoms with Gasteiger partial charge >= 0.3 is 0 Å². The Bertz CT molecular complexity index is 278. The Labute approximate surface area is 75.5 Å². The first kappa shape index (κ1) is 9.45. The number of rotatable bonds is 2. The molecule has 1 atom stereocenters. The average Bonchev–Trinajstić information content (AvgIpc) is 2.08. The summed E-state index contributed by atoms with van der Waals surface area (Å²) in [7, 11) is 0. The molecule has 0 heterocycles. The van der Waals surface area contributed by atoms with Crippen LogP contribution < -0.4 is 11.3 Å². The molecular formula is C8H10ClFN2. The zero-order chi connectivity index (χ0) is 9.14. The maximum atomic E-state index is 13.2. The van der Waals surface area contributed by atoms with Crippen LogP contribution in [-0.2, 0) is 0 Å². The normalized spacial score (nSPS) is 13.0. The number of nitrogens with one attached hydrogen (secondary N) is 1. The van der Waals surface area contributed by atoms with E-state index >= 15 is 0 Å². The van der Waals surface area contributed by atoms with Crippen LogP contribution in [0.5, 0.6) is 0 Å². The Morgan fingerprint density at radius 3 is 2.83 bits per heavy atom. The predicted octanol–water partition coefficient (Wildman–Crippen LogP) is 2.00. The van der Waals surface area contributed by atoms with Crippen molar-refractivity contribution >= 4 is 11.6 Å². The Morgan fingerprint density at radius 1 is 1.58 bits per heavy atom. The summed E-state index contributed by atoms with van der Waals surface area (Å²) in [5.41, 5.74) is 2.93. The fourth-order valence-electron chi connectivity index (χ4n) is 0.945. The van der Waals surface area contributed by atoms with Crippen molar-refractivity contribution in [1.29, 1.82) is 0 Å². The molecule has 3 N–H and O–H groups in total. The molecule has 0 aromatic heterocycles. The van der Waals surface area contributed by atoms with Crippen molar-refractivity contribution in [3.8, 4) is 0 Å². The van der Waals surface area contributed by atoms with E-state index in [0.29, 0.717) is 5.56 Å². The van der Waals surface area contributed by atoms with Gasteiger partial charge in [0.1, 0.15) is 5.82 Å². The molecule has 4 heteroatoms. The largest absolute Gasteiger partial charge is 0.271 e. The van der Waals surface area contributed by atoms with Gasteiger partial charge in [0.05, 0.1) is 5.02 Å². The molecule has 0 aliphatic heterocycles. The van der Waals surface area contributed by atoms with E-state index in [0.717, 1.165) is 0 Å². The Hall–Kier alpha value is -0.640. The van der Waals surface area contributed by atoms with Gasteiger partial charge in [-0.15, -0.1) is 0 Å². The highest BCUT2D eigenvalue weighted by atomic mass is 35.5. The van der Waals surface area contributed by atoms with E-state index < -0.39 is 5.82 Å². The van der Waals surface area contributed by atoms with Crippen LogP contribution in [0.15, 0.2) is 18.2 Å². The van der Waals surface area contributed by atoms with Crippen LogP contribution in [0.25, 0.3) is 0 Å². The van der Waals surface area contributed by atoms with Gasteiger partial charge in [0.25, 0.3) is 0 Å². The van der Waals surface area contributed by atoms with Crippen molar-refractivity contribution in [3.05, 3.63) is 34.6 Å². The summed E-state index contributed by atoms with van der Waals surface area (Å²) in [6.07, 6.45) is 0. The second-order valence-electron chi connectivity index (χ2n) is 2.53. The highest BCUT2D eigenvalue weighted by molar-refractivity contribution is 6.30. The molecule has 0 radical (unpaired) electrons. The quantitative estimate of drug-likeness (QED) is 0.551. The van der Waals surface area contributed by atoms with E-state index in [4.69, 9.17) is 17.4 Å². The molecule has 1 rings (SSSR count). The SMILES string of the molecule is CC(NN)c1cccc(Cl)c1F. The number of hydrogen-bond donors (Lipinski definition) is 2. The monoisotopic (exact) mass is 188 g/mol. The molecular weight excluding hydrogens is 179 g/mol. The second kappa shape index (κ2) is 3.85. The fourth-order valence-corrected chi connectivity index (χ4v) is 1.13. The van der Waals surface area contributed by atoms with Crippen LogP contribution in [0.2, 0.25) is 5.02 Å². The van der Waals surface area contributed by atoms with Gasteiger partial charge in [0.2, 0.25) is 0 Å². The minimum atomic E-state index is -0.412. The number of halogens is 2. The lowest BCUT2D eigenvalue weighted by Gasteiger charge is -2.11. The van der Waals surface area contributed by atoms with Crippen molar-refractivity contribution in [2.75, 3.05) is 0 Å². The third-order valence-electron chi connectivity index (χ3n) is 1.70. The van der Waals surface area contributed by atoms with E-state index in [1.165, 1.54) is 6.07 Å². The molecule has 0 saturated heterocycles. The zero-order valence-corrected chi connectivity index (χ0v) is 7.40. The van der Waals surface area contributed by atoms with E-state index in [-0.39, 0.29) is 11.1 Å². The lowest BCUT2D eigenvalue weighted by atomic mass is 10.1. The van der Waals surface area contributed by atoms with E-state index in [2.05, 4.69) is 5.43 Å². The third kappa shape index (κ3) is 1.75. The van der Waals surface area contributed by atoms with Crippen LogP contribution in [0.3, 0.4) is 0 Å². The highest BCUT2D eigenvalue weighted by Gasteiger charge is 2.10. The summed E-state index contributed by atoms with van der Waals surface area (Å²) >= 11 is 5.57. The van der Waals surface area contributed by atoms with Crippen LogP contribution in [0.1, 0.15) is 18.5 Å². The molecule has 0 fully saturated rings. The first-order valence-electron chi connectivity index (χ1n) is 3.57. The summed E-state index contributed by atoms with van der Waals surface area (Å²) in [4.78, 5) is 0. The molecule has 0 aliphatic rings. The lowest BCUT2D eigenvalue weighted by Crippen LogP contribution is -2.26. The lowest BCUT2D eigenvalue weighted by molar-refractivity contribution is 0.542. The van der Waals surface area contributed by atoms with E-state index in [1.54, 1.807) is 19.1 Å². The Kier molecular flexibility index (Phi) is 3.03. The second-order valence-corrected chi connectivity index (χ2v) is 2.94. The first-order chi connectivity index (χ1) is 5.66. The van der Waals surface area contributed by atoms with Gasteiger partial charge in [-0.05, 0) is 13.0 Å². The van der Waals surface area contributed by atoms with Gasteiger partial charge in [-0.1, -0.05) is 23.7 Å². The van der Waals surface area contributed by atoms with Crippen LogP contribution >= 0.6 is 11.6 Å². The minimum absolute atomic E-state index is 0.120. The van der Waals surface area contributed by atoms with Gasteiger partial charge in [-0.25, -0.2) is 4.39 Å². The topological polar surface area (TPSA) is 38.0 Å². The van der Waals surface area contributed by atoms with Gasteiger partial charge in [-0.3, -0.25) is 11.3 Å². The maximum absolute atomic E-state index is 13.2. The maximum Gasteiger partial charge on any atom is 0.146 e. The zero-order valence-electron chi connectivity index (χ0n) is 6.64. The Balaban J connectivity index is 3.07. The summed E-state index contributed by atoms with van der Waals surface area (Å²) in [5, 5.41) is 0.120. The van der Waals surface area contributed by atoms with Gasteiger partial charge in [0, 0.05) is 11.6 Å². The van der Waals surface area contributed by atoms with E-state index in [1.807, 2.05) is 0 Å². The van der Waals surface area contributed by atoms with Crippen molar-refractivity contribution in [3.63, 3.8) is 0 Å². The van der Waals surface area contributed by atoms with Gasteiger partial charge in [0.15, 0.2) is 0 Å². The molecule has 0 aliphatic carbocycles. The first-order valence-corrected chi connectivity index (χ1v) is 3.94. The molecule has 1 unspecified atom stereocenters. The molecule has 0 saturated carbocycles. The van der Waals surface area contributed by atoms with Crippen molar-refractivity contribution in [2.24, 2.45) is 5.84 Å². The standard InChI is InChI=1S/C8H10ClFN2/c1-5(12-11)6-3-2-4-7(9)8(6)10/h2-5,12H,11H2,1H3. The van der Waals surface area contributed by atoms with Crippen LogP contribution in [0.4, 0.5) is 4.39 Å². The van der Waals surface area contributed by atoms with Crippen molar-refractivity contribution in [2.45, 2.75) is 13.0 Å². The van der Waals surface area contributed by atoms with Gasteiger partial charge in [-0.2, -0.15) is 0 Å². The minimum Gasteiger partial charge on any atom is -0.271 e. The number of benzene rings is 1. The Morgan fingerprint density at radius 2 is 2.25 bits per heavy atom. The van der Waals surface area contributed by atoms with Crippen LogP contribution in [0, 0.1) is 5.82 Å². The molecule has 66 valence electrons. The third-order valence-corrected chi connectivity index (χ3v) is 1.99. The number of hydrazine groups is 1. The van der Waals surface area contributed by atoms with E-state index in [9.17, 15) is 4.39 Å².